The number of aryl methyl sites for hydroxylation is 1. The second-order valence-electron chi connectivity index (χ2n) is 7.72. The number of hydrogen-bond acceptors (Lipinski definition) is 4. The van der Waals surface area contributed by atoms with Crippen molar-refractivity contribution in [3.63, 3.8) is 0 Å². The molecule has 34 heavy (non-hydrogen) atoms. The van der Waals surface area contributed by atoms with Gasteiger partial charge >= 0.3 is 0 Å². The van der Waals surface area contributed by atoms with E-state index in [1.54, 1.807) is 23.1 Å². The Morgan fingerprint density at radius 3 is 2.29 bits per heavy atom. The fraction of sp³-hybridized carbons (Fsp3) is 0.462. The Hall–Kier alpha value is -2.44. The number of benzene rings is 2. The van der Waals surface area contributed by atoms with Crippen LogP contribution in [-0.2, 0) is 22.6 Å². The lowest BCUT2D eigenvalue weighted by Gasteiger charge is -2.31. The molecule has 0 radical (unpaired) electrons. The van der Waals surface area contributed by atoms with Crippen molar-refractivity contribution in [2.24, 2.45) is 0 Å². The summed E-state index contributed by atoms with van der Waals surface area (Å²) in [5.41, 5.74) is 1.69. The van der Waals surface area contributed by atoms with Crippen LogP contribution in [-0.4, -0.2) is 42.5 Å². The van der Waals surface area contributed by atoms with Gasteiger partial charge < -0.3 is 19.7 Å². The molecule has 1 atom stereocenters. The predicted molar refractivity (Wildman–Crippen MR) is 137 cm³/mol. The van der Waals surface area contributed by atoms with Gasteiger partial charge in [0.2, 0.25) is 11.8 Å². The number of amides is 2. The standard InChI is InChI=1S/C26H34Cl2N2O4/c1-5-22(26(32)29-6-2)30(17-19-11-12-20(27)16-21(19)28)25(31)14-10-18-9-13-23(33-7-3)24(15-18)34-8-4/h9,11-13,15-16,22H,5-8,10,14,17H2,1-4H3,(H,29,32)/t22-/m1/s1. The van der Waals surface area contributed by atoms with Crippen molar-refractivity contribution in [2.75, 3.05) is 19.8 Å². The van der Waals surface area contributed by atoms with Crippen LogP contribution in [0.4, 0.5) is 0 Å². The summed E-state index contributed by atoms with van der Waals surface area (Å²) in [6.07, 6.45) is 1.23. The number of carbonyl (C=O) groups excluding carboxylic acids is 2. The predicted octanol–water partition coefficient (Wildman–Crippen LogP) is 5.67. The van der Waals surface area contributed by atoms with E-state index in [0.717, 1.165) is 11.1 Å². The molecular weight excluding hydrogens is 475 g/mol. The van der Waals surface area contributed by atoms with Crippen LogP contribution in [0.25, 0.3) is 0 Å². The van der Waals surface area contributed by atoms with Crippen molar-refractivity contribution in [3.05, 3.63) is 57.6 Å². The highest BCUT2D eigenvalue weighted by Gasteiger charge is 2.28. The van der Waals surface area contributed by atoms with Crippen molar-refractivity contribution in [2.45, 2.75) is 59.5 Å². The monoisotopic (exact) mass is 508 g/mol. The van der Waals surface area contributed by atoms with Crippen LogP contribution < -0.4 is 14.8 Å². The van der Waals surface area contributed by atoms with E-state index in [0.29, 0.717) is 54.1 Å². The molecule has 2 amide bonds. The van der Waals surface area contributed by atoms with Crippen LogP contribution in [0.5, 0.6) is 11.5 Å². The Labute approximate surface area is 212 Å². The molecule has 0 spiro atoms. The minimum atomic E-state index is -0.599. The number of nitrogens with one attached hydrogen (secondary N) is 1. The number of nitrogens with zero attached hydrogens (tertiary/aromatic N) is 1. The van der Waals surface area contributed by atoms with Gasteiger partial charge in [-0.2, -0.15) is 0 Å². The van der Waals surface area contributed by atoms with Crippen molar-refractivity contribution in [1.82, 2.24) is 10.2 Å². The van der Waals surface area contributed by atoms with E-state index < -0.39 is 6.04 Å². The van der Waals surface area contributed by atoms with E-state index in [1.165, 1.54) is 0 Å². The van der Waals surface area contributed by atoms with Gasteiger partial charge in [-0.1, -0.05) is 42.3 Å². The van der Waals surface area contributed by atoms with Crippen molar-refractivity contribution in [3.8, 4) is 11.5 Å². The molecule has 0 heterocycles. The Morgan fingerprint density at radius 2 is 1.68 bits per heavy atom. The van der Waals surface area contributed by atoms with Gasteiger partial charge in [-0.25, -0.2) is 0 Å². The average molecular weight is 509 g/mol. The highest BCUT2D eigenvalue weighted by atomic mass is 35.5. The maximum Gasteiger partial charge on any atom is 0.242 e. The average Bonchev–Trinajstić information content (AvgIpc) is 2.80. The quantitative estimate of drug-likeness (QED) is 0.378. The number of ether oxygens (including phenoxy) is 2. The van der Waals surface area contributed by atoms with E-state index in [4.69, 9.17) is 32.7 Å². The Kier molecular flexibility index (Phi) is 11.5. The summed E-state index contributed by atoms with van der Waals surface area (Å²) >= 11 is 12.4. The first-order chi connectivity index (χ1) is 16.3. The van der Waals surface area contributed by atoms with Crippen molar-refractivity contribution in [1.29, 1.82) is 0 Å². The maximum absolute atomic E-state index is 13.4. The minimum absolute atomic E-state index is 0.129. The molecule has 0 saturated heterocycles. The third-order valence-electron chi connectivity index (χ3n) is 5.33. The van der Waals surface area contributed by atoms with Crippen LogP contribution in [0.2, 0.25) is 10.0 Å². The summed E-state index contributed by atoms with van der Waals surface area (Å²) in [6.45, 7) is 9.35. The topological polar surface area (TPSA) is 67.9 Å². The summed E-state index contributed by atoms with van der Waals surface area (Å²) in [5.74, 6) is 1.03. The second-order valence-corrected chi connectivity index (χ2v) is 8.57. The molecule has 2 aromatic rings. The molecule has 0 aliphatic carbocycles. The SMILES string of the molecule is CCNC(=O)[C@@H](CC)N(Cc1ccc(Cl)cc1Cl)C(=O)CCc1ccc(OCC)c(OCC)c1. The maximum atomic E-state index is 13.4. The third kappa shape index (κ3) is 7.81. The molecule has 0 bridgehead atoms. The van der Waals surface area contributed by atoms with Crippen molar-refractivity contribution < 1.29 is 19.1 Å². The molecule has 2 rings (SSSR count). The lowest BCUT2D eigenvalue weighted by atomic mass is 10.1. The number of hydrogen-bond donors (Lipinski definition) is 1. The Morgan fingerprint density at radius 1 is 0.971 bits per heavy atom. The van der Waals surface area contributed by atoms with Gasteiger partial charge in [-0.15, -0.1) is 0 Å². The van der Waals surface area contributed by atoms with Crippen LogP contribution in [0, 0.1) is 0 Å². The zero-order chi connectivity index (χ0) is 25.1. The molecule has 0 saturated carbocycles. The van der Waals surface area contributed by atoms with Crippen LogP contribution in [0.15, 0.2) is 36.4 Å². The lowest BCUT2D eigenvalue weighted by Crippen LogP contribution is -2.49. The molecule has 0 aromatic heterocycles. The van der Waals surface area contributed by atoms with E-state index in [1.807, 2.05) is 45.9 Å². The highest BCUT2D eigenvalue weighted by Crippen LogP contribution is 2.29. The number of halogens is 2. The lowest BCUT2D eigenvalue weighted by molar-refractivity contribution is -0.141. The largest absolute Gasteiger partial charge is 0.490 e. The summed E-state index contributed by atoms with van der Waals surface area (Å²) < 4.78 is 11.3. The molecule has 2 aromatic carbocycles. The van der Waals surface area contributed by atoms with Crippen LogP contribution >= 0.6 is 23.2 Å². The van der Waals surface area contributed by atoms with E-state index in [-0.39, 0.29) is 24.8 Å². The summed E-state index contributed by atoms with van der Waals surface area (Å²) in [7, 11) is 0. The molecule has 0 fully saturated rings. The number of carbonyl (C=O) groups is 2. The fourth-order valence-electron chi connectivity index (χ4n) is 3.69. The molecular formula is C26H34Cl2N2O4. The zero-order valence-corrected chi connectivity index (χ0v) is 21.8. The van der Waals surface area contributed by atoms with E-state index >= 15 is 0 Å². The van der Waals surface area contributed by atoms with Gasteiger partial charge in [0.05, 0.1) is 13.2 Å². The van der Waals surface area contributed by atoms with Gasteiger partial charge in [0.1, 0.15) is 6.04 Å². The van der Waals surface area contributed by atoms with Crippen LogP contribution in [0.1, 0.15) is 51.7 Å². The summed E-state index contributed by atoms with van der Waals surface area (Å²) in [6, 6.07) is 10.3. The molecule has 0 aliphatic rings. The fourth-order valence-corrected chi connectivity index (χ4v) is 4.16. The van der Waals surface area contributed by atoms with Gasteiger partial charge in [0.15, 0.2) is 11.5 Å². The first-order valence-corrected chi connectivity index (χ1v) is 12.5. The van der Waals surface area contributed by atoms with Crippen LogP contribution in [0.3, 0.4) is 0 Å². The smallest absolute Gasteiger partial charge is 0.242 e. The molecule has 0 aliphatic heterocycles. The summed E-state index contributed by atoms with van der Waals surface area (Å²) in [4.78, 5) is 27.8. The normalized spacial score (nSPS) is 11.6. The zero-order valence-electron chi connectivity index (χ0n) is 20.3. The number of likely N-dealkylation sites (N-methyl/N-ethyl adjacent to an activating group) is 1. The highest BCUT2D eigenvalue weighted by molar-refractivity contribution is 6.35. The van der Waals surface area contributed by atoms with E-state index in [2.05, 4.69) is 5.32 Å². The molecule has 0 unspecified atom stereocenters. The van der Waals surface area contributed by atoms with E-state index in [9.17, 15) is 9.59 Å². The summed E-state index contributed by atoms with van der Waals surface area (Å²) in [5, 5.41) is 3.82. The third-order valence-corrected chi connectivity index (χ3v) is 5.92. The first kappa shape index (κ1) is 27.8. The second kappa shape index (κ2) is 14.1. The Bertz CT molecular complexity index is 968. The molecule has 6 nitrogen and oxygen atoms in total. The van der Waals surface area contributed by atoms with Crippen molar-refractivity contribution >= 4 is 35.0 Å². The minimum Gasteiger partial charge on any atom is -0.490 e. The van der Waals surface area contributed by atoms with Gasteiger partial charge in [0, 0.05) is 29.6 Å². The van der Waals surface area contributed by atoms with Gasteiger partial charge in [-0.3, -0.25) is 9.59 Å². The first-order valence-electron chi connectivity index (χ1n) is 11.7. The molecule has 1 N–H and O–H groups in total. The molecule has 186 valence electrons. The van der Waals surface area contributed by atoms with Gasteiger partial charge in [-0.05, 0) is 69.0 Å². The number of rotatable bonds is 13. The Balaban J connectivity index is 2.25. The van der Waals surface area contributed by atoms with Gasteiger partial charge in [0.25, 0.3) is 0 Å². The molecule has 8 heteroatoms.